The Labute approximate surface area is 151 Å². The number of methoxy groups -OCH3 is 2. The summed E-state index contributed by atoms with van der Waals surface area (Å²) >= 11 is 1.35. The molecule has 0 unspecified atom stereocenters. The summed E-state index contributed by atoms with van der Waals surface area (Å²) in [7, 11) is 2.89. The molecule has 1 aromatic heterocycles. The lowest BCUT2D eigenvalue weighted by molar-refractivity contribution is -0.136. The number of benzene rings is 1. The quantitative estimate of drug-likeness (QED) is 0.415. The van der Waals surface area contributed by atoms with Crippen molar-refractivity contribution >= 4 is 33.2 Å². The Kier molecular flexibility index (Phi) is 6.20. The van der Waals surface area contributed by atoms with Crippen molar-refractivity contribution in [1.82, 2.24) is 0 Å². The second kappa shape index (κ2) is 8.16. The van der Waals surface area contributed by atoms with Crippen LogP contribution in [0.1, 0.15) is 36.9 Å². The molecule has 25 heavy (non-hydrogen) atoms. The Morgan fingerprint density at radius 2 is 1.88 bits per heavy atom. The first-order valence-corrected chi connectivity index (χ1v) is 8.82. The molecule has 0 radical (unpaired) electrons. The number of esters is 1. The summed E-state index contributed by atoms with van der Waals surface area (Å²) in [5.74, 6) is 0.572. The summed E-state index contributed by atoms with van der Waals surface area (Å²) < 4.78 is 16.7. The maximum atomic E-state index is 12.5. The average molecular weight is 362 g/mol. The van der Waals surface area contributed by atoms with E-state index >= 15 is 0 Å². The van der Waals surface area contributed by atoms with Gasteiger partial charge in [0.25, 0.3) is 0 Å². The summed E-state index contributed by atoms with van der Waals surface area (Å²) in [5.41, 5.74) is 0.353. The molecule has 0 bridgehead atoms. The minimum Gasteiger partial charge on any atom is -0.493 e. The molecule has 0 saturated heterocycles. The number of ketones is 1. The molecule has 0 saturated carbocycles. The van der Waals surface area contributed by atoms with Crippen LogP contribution in [0.5, 0.6) is 11.5 Å². The van der Waals surface area contributed by atoms with Crippen LogP contribution in [0, 0.1) is 0 Å². The fourth-order valence-corrected chi connectivity index (χ4v) is 3.32. The van der Waals surface area contributed by atoms with Crippen LogP contribution in [-0.2, 0) is 9.53 Å². The van der Waals surface area contributed by atoms with Gasteiger partial charge in [0.05, 0.1) is 25.2 Å². The normalized spacial score (nSPS) is 11.7. The Balaban J connectivity index is 2.42. The largest absolute Gasteiger partial charge is 0.493 e. The number of hydrogen-bond donors (Lipinski definition) is 0. The minimum absolute atomic E-state index is 0.0150. The van der Waals surface area contributed by atoms with Gasteiger partial charge in [-0.25, -0.2) is 4.79 Å². The lowest BCUT2D eigenvalue weighted by Crippen LogP contribution is -2.06. The number of rotatable bonds is 7. The monoisotopic (exact) mass is 362 g/mol. The summed E-state index contributed by atoms with van der Waals surface area (Å²) in [5, 5.41) is 0.898. The predicted molar refractivity (Wildman–Crippen MR) is 98.9 cm³/mol. The van der Waals surface area contributed by atoms with Gasteiger partial charge in [0.15, 0.2) is 17.3 Å². The molecule has 0 aliphatic rings. The Morgan fingerprint density at radius 1 is 1.16 bits per heavy atom. The van der Waals surface area contributed by atoms with E-state index < -0.39 is 5.97 Å². The van der Waals surface area contributed by atoms with Gasteiger partial charge in [-0.2, -0.15) is 0 Å². The summed E-state index contributed by atoms with van der Waals surface area (Å²) in [6, 6.07) is 5.53. The maximum Gasteiger partial charge on any atom is 0.333 e. The second-order valence-corrected chi connectivity index (χ2v) is 6.78. The van der Waals surface area contributed by atoms with Crippen LogP contribution in [-0.4, -0.2) is 32.1 Å². The lowest BCUT2D eigenvalue weighted by Gasteiger charge is -2.13. The van der Waals surface area contributed by atoms with Crippen LogP contribution in [0.25, 0.3) is 10.1 Å². The molecule has 5 nitrogen and oxygen atoms in total. The van der Waals surface area contributed by atoms with E-state index in [-0.39, 0.29) is 11.9 Å². The summed E-state index contributed by atoms with van der Waals surface area (Å²) in [6.45, 7) is 5.69. The van der Waals surface area contributed by atoms with E-state index in [2.05, 4.69) is 0 Å². The van der Waals surface area contributed by atoms with Crippen LogP contribution in [0.3, 0.4) is 0 Å². The lowest BCUT2D eigenvalue weighted by atomic mass is 10.1. The molecule has 0 fully saturated rings. The average Bonchev–Trinajstić information content (AvgIpc) is 3.00. The third-order valence-corrected chi connectivity index (χ3v) is 4.65. The van der Waals surface area contributed by atoms with Gasteiger partial charge in [-0.15, -0.1) is 11.3 Å². The van der Waals surface area contributed by atoms with E-state index in [1.165, 1.54) is 24.5 Å². The van der Waals surface area contributed by atoms with Crippen molar-refractivity contribution in [2.75, 3.05) is 14.2 Å². The van der Waals surface area contributed by atoms with Gasteiger partial charge in [0.1, 0.15) is 0 Å². The predicted octanol–water partition coefficient (Wildman–Crippen LogP) is 4.39. The maximum absolute atomic E-state index is 12.5. The van der Waals surface area contributed by atoms with Crippen molar-refractivity contribution < 1.29 is 23.8 Å². The Bertz CT molecular complexity index is 817. The molecule has 1 heterocycles. The van der Waals surface area contributed by atoms with Gasteiger partial charge < -0.3 is 14.2 Å². The van der Waals surface area contributed by atoms with Crippen molar-refractivity contribution in [2.24, 2.45) is 0 Å². The topological polar surface area (TPSA) is 61.8 Å². The standard InChI is InChI=1S/C19H22O5S/c1-6-12(19(21)23-5)7-14(20)18-9-13-8-16(24-11(2)3)15(22-4)10-17(13)25-18/h7-11H,6H2,1-5H3. The van der Waals surface area contributed by atoms with E-state index in [0.717, 1.165) is 10.1 Å². The zero-order valence-corrected chi connectivity index (χ0v) is 15.9. The van der Waals surface area contributed by atoms with Crippen molar-refractivity contribution in [3.63, 3.8) is 0 Å². The summed E-state index contributed by atoms with van der Waals surface area (Å²) in [4.78, 5) is 24.7. The number of carbonyl (C=O) groups excluding carboxylic acids is 2. The van der Waals surface area contributed by atoms with Crippen LogP contribution < -0.4 is 9.47 Å². The number of carbonyl (C=O) groups is 2. The smallest absolute Gasteiger partial charge is 0.333 e. The number of fused-ring (bicyclic) bond motifs is 1. The third kappa shape index (κ3) is 4.39. The van der Waals surface area contributed by atoms with Crippen LogP contribution in [0.4, 0.5) is 0 Å². The van der Waals surface area contributed by atoms with E-state index in [9.17, 15) is 9.59 Å². The van der Waals surface area contributed by atoms with Crippen molar-refractivity contribution in [2.45, 2.75) is 33.3 Å². The number of hydrogen-bond acceptors (Lipinski definition) is 6. The van der Waals surface area contributed by atoms with E-state index in [1.54, 1.807) is 20.1 Å². The zero-order chi connectivity index (χ0) is 18.6. The molecule has 1 aromatic carbocycles. The Morgan fingerprint density at radius 3 is 2.44 bits per heavy atom. The summed E-state index contributed by atoms with van der Waals surface area (Å²) in [6.07, 6.45) is 1.80. The van der Waals surface area contributed by atoms with E-state index in [1.807, 2.05) is 26.0 Å². The molecule has 0 aliphatic heterocycles. The van der Waals surface area contributed by atoms with E-state index in [4.69, 9.17) is 14.2 Å². The molecular weight excluding hydrogens is 340 g/mol. The fourth-order valence-electron chi connectivity index (χ4n) is 2.34. The number of allylic oxidation sites excluding steroid dienone is 1. The first-order chi connectivity index (χ1) is 11.9. The van der Waals surface area contributed by atoms with Gasteiger partial charge in [-0.1, -0.05) is 6.92 Å². The SMILES string of the molecule is CCC(=CC(=O)c1cc2cc(OC(C)C)c(OC)cc2s1)C(=O)OC. The molecule has 6 heteroatoms. The van der Waals surface area contributed by atoms with Gasteiger partial charge in [-0.05, 0) is 43.9 Å². The van der Waals surface area contributed by atoms with E-state index in [0.29, 0.717) is 28.4 Å². The molecule has 2 aromatic rings. The van der Waals surface area contributed by atoms with Gasteiger partial charge in [-0.3, -0.25) is 4.79 Å². The number of thiophene rings is 1. The molecule has 0 spiro atoms. The zero-order valence-electron chi connectivity index (χ0n) is 15.0. The molecular formula is C19H22O5S. The molecule has 134 valence electrons. The highest BCUT2D eigenvalue weighted by molar-refractivity contribution is 7.21. The molecule has 0 amide bonds. The molecule has 2 rings (SSSR count). The van der Waals surface area contributed by atoms with Gasteiger partial charge in [0.2, 0.25) is 0 Å². The van der Waals surface area contributed by atoms with Crippen LogP contribution in [0.15, 0.2) is 29.8 Å². The highest BCUT2D eigenvalue weighted by Crippen LogP contribution is 2.37. The van der Waals surface area contributed by atoms with Gasteiger partial charge in [0, 0.05) is 16.3 Å². The Hall–Kier alpha value is -2.34. The van der Waals surface area contributed by atoms with Crippen molar-refractivity contribution in [3.8, 4) is 11.5 Å². The minimum atomic E-state index is -0.480. The van der Waals surface area contributed by atoms with Gasteiger partial charge >= 0.3 is 5.97 Å². The molecule has 0 N–H and O–H groups in total. The fraction of sp³-hybridized carbons (Fsp3) is 0.368. The third-order valence-electron chi connectivity index (χ3n) is 3.54. The second-order valence-electron chi connectivity index (χ2n) is 5.70. The van der Waals surface area contributed by atoms with Crippen molar-refractivity contribution in [1.29, 1.82) is 0 Å². The first kappa shape index (κ1) is 19.0. The van der Waals surface area contributed by atoms with Crippen molar-refractivity contribution in [3.05, 3.63) is 34.7 Å². The molecule has 0 aliphatic carbocycles. The first-order valence-electron chi connectivity index (χ1n) is 8.01. The van der Waals surface area contributed by atoms with Crippen LogP contribution in [0.2, 0.25) is 0 Å². The molecule has 0 atom stereocenters. The number of ether oxygens (including phenoxy) is 3. The highest BCUT2D eigenvalue weighted by Gasteiger charge is 2.16. The van der Waals surface area contributed by atoms with Crippen LogP contribution >= 0.6 is 11.3 Å². The highest BCUT2D eigenvalue weighted by atomic mass is 32.1.